The van der Waals surface area contributed by atoms with Crippen molar-refractivity contribution >= 4 is 87.7 Å². The summed E-state index contributed by atoms with van der Waals surface area (Å²) in [6, 6.07) is 7.53. The molecule has 0 spiro atoms. The van der Waals surface area contributed by atoms with Crippen LogP contribution in [0.1, 0.15) is 130 Å². The van der Waals surface area contributed by atoms with E-state index in [1.165, 1.54) is 45.0 Å². The summed E-state index contributed by atoms with van der Waals surface area (Å²) in [7, 11) is 0. The fraction of sp³-hybridized carbons (Fsp3) is 0.535. The number of aromatic hydroxyl groups is 1. The van der Waals surface area contributed by atoms with E-state index in [0.29, 0.717) is 29.5 Å². The lowest BCUT2D eigenvalue weighted by Gasteiger charge is -2.29. The second kappa shape index (κ2) is 42.9. The van der Waals surface area contributed by atoms with Crippen LogP contribution in [0.3, 0.4) is 0 Å². The molecule has 12 atom stereocenters. The van der Waals surface area contributed by atoms with Gasteiger partial charge in [-0.05, 0) is 131 Å². The molecule has 4 aromatic rings. The zero-order valence-corrected chi connectivity index (χ0v) is 60.3. The molecule has 0 saturated carbocycles. The number of hydrogen-bond acceptors (Lipinski definition) is 17. The summed E-state index contributed by atoms with van der Waals surface area (Å²) < 4.78 is 0. The van der Waals surface area contributed by atoms with E-state index in [9.17, 15) is 67.7 Å². The molecule has 566 valence electrons. The maximum Gasteiger partial charge on any atom is 0.243 e. The number of benzene rings is 3. The number of phenols is 1. The van der Waals surface area contributed by atoms with E-state index in [1.807, 2.05) is 52.0 Å². The Morgan fingerprint density at radius 1 is 0.456 bits per heavy atom. The number of guanidine groups is 1. The number of nitrogens with one attached hydrogen (secondary N) is 12. The highest BCUT2D eigenvalue weighted by molar-refractivity contribution is 5.99. The Morgan fingerprint density at radius 3 is 1.40 bits per heavy atom. The number of aromatic nitrogens is 1. The molecule has 0 saturated heterocycles. The van der Waals surface area contributed by atoms with E-state index in [-0.39, 0.29) is 100 Å². The number of rotatable bonds is 44. The summed E-state index contributed by atoms with van der Waals surface area (Å²) >= 11 is 0. The highest BCUT2D eigenvalue weighted by Crippen LogP contribution is 2.20. The number of aliphatic hydroxyl groups is 1. The van der Waals surface area contributed by atoms with Crippen molar-refractivity contribution in [3.63, 3.8) is 0 Å². The lowest BCUT2D eigenvalue weighted by molar-refractivity contribution is -0.136. The Labute approximate surface area is 600 Å². The molecule has 3 aromatic carbocycles. The number of carbonyl (C=O) groups is 12. The number of nitrogens with zero attached hydrogens (tertiary/aromatic N) is 1. The van der Waals surface area contributed by atoms with Gasteiger partial charge in [-0.25, -0.2) is 0 Å². The molecular formula is C71H108N18O14. The van der Waals surface area contributed by atoms with Crippen LogP contribution in [0, 0.1) is 17.8 Å². The second-order valence-corrected chi connectivity index (χ2v) is 27.1. The Hall–Kier alpha value is -10.2. The number of aliphatic imine (C=N–C) groups is 1. The molecule has 32 nitrogen and oxygen atoms in total. The van der Waals surface area contributed by atoms with Crippen LogP contribution in [0.25, 0.3) is 10.9 Å². The number of para-hydroxylation sites is 1. The maximum absolute atomic E-state index is 14.7. The number of carbonyl (C=O) groups excluding carboxylic acids is 12. The highest BCUT2D eigenvalue weighted by Gasteiger charge is 2.36. The molecular weight excluding hydrogens is 1330 g/mol. The summed E-state index contributed by atoms with van der Waals surface area (Å²) in [5.41, 5.74) is 31.0. The predicted molar refractivity (Wildman–Crippen MR) is 388 cm³/mol. The van der Waals surface area contributed by atoms with E-state index in [2.05, 4.69) is 68.5 Å². The topological polar surface area (TPSA) is 536 Å². The van der Waals surface area contributed by atoms with E-state index in [1.54, 1.807) is 50.4 Å². The van der Waals surface area contributed by atoms with Gasteiger partial charge in [-0.15, -0.1) is 0 Å². The van der Waals surface area contributed by atoms with E-state index in [0.717, 1.165) is 10.9 Å². The number of nitrogens with two attached hydrogens (primary N) is 5. The van der Waals surface area contributed by atoms with Crippen LogP contribution in [0.4, 0.5) is 0 Å². The van der Waals surface area contributed by atoms with Crippen LogP contribution in [-0.4, -0.2) is 184 Å². The monoisotopic (exact) mass is 1440 g/mol. The lowest BCUT2D eigenvalue weighted by Crippen LogP contribution is -2.61. The predicted octanol–water partition coefficient (Wildman–Crippen LogP) is -1.58. The number of unbranched alkanes of at least 4 members (excludes halogenated alkanes) is 1. The molecule has 0 bridgehead atoms. The molecule has 24 N–H and O–H groups in total. The molecule has 12 amide bonds. The van der Waals surface area contributed by atoms with Crippen molar-refractivity contribution in [2.24, 2.45) is 51.4 Å². The second-order valence-electron chi connectivity index (χ2n) is 27.1. The van der Waals surface area contributed by atoms with Crippen LogP contribution in [0.5, 0.6) is 5.75 Å². The minimum atomic E-state index is -1.39. The normalized spacial score (nSPS) is 14.8. The Balaban J connectivity index is 1.50. The van der Waals surface area contributed by atoms with Gasteiger partial charge in [-0.1, -0.05) is 102 Å². The third kappa shape index (κ3) is 30.1. The van der Waals surface area contributed by atoms with Crippen molar-refractivity contribution in [2.45, 2.75) is 206 Å². The fourth-order valence-electron chi connectivity index (χ4n) is 11.0. The van der Waals surface area contributed by atoms with Crippen LogP contribution < -0.4 is 87.2 Å². The average molecular weight is 1440 g/mol. The highest BCUT2D eigenvalue weighted by atomic mass is 16.3. The maximum atomic E-state index is 14.7. The molecule has 0 aliphatic heterocycles. The molecule has 103 heavy (non-hydrogen) atoms. The minimum Gasteiger partial charge on any atom is -0.508 e. The van der Waals surface area contributed by atoms with Crippen LogP contribution in [0.15, 0.2) is 90.1 Å². The number of aliphatic hydroxyl groups excluding tert-OH is 1. The van der Waals surface area contributed by atoms with Gasteiger partial charge in [0.05, 0.1) is 12.6 Å². The Kier molecular flexibility index (Phi) is 35.5. The van der Waals surface area contributed by atoms with Gasteiger partial charge in [0.1, 0.15) is 72.2 Å². The first kappa shape index (κ1) is 85.2. The lowest BCUT2D eigenvalue weighted by atomic mass is 9.98. The molecule has 0 aliphatic rings. The van der Waals surface area contributed by atoms with Gasteiger partial charge < -0.3 is 102 Å². The Bertz CT molecular complexity index is 3510. The number of phenolic OH excluding ortho intramolecular Hbond substituents is 1. The van der Waals surface area contributed by atoms with Crippen molar-refractivity contribution in [3.05, 3.63) is 102 Å². The molecule has 0 unspecified atom stereocenters. The average Bonchev–Trinajstić information content (AvgIpc) is 1.74. The van der Waals surface area contributed by atoms with Crippen molar-refractivity contribution in [3.8, 4) is 5.75 Å². The summed E-state index contributed by atoms with van der Waals surface area (Å²) in [5.74, 6) is -10.5. The largest absolute Gasteiger partial charge is 0.508 e. The summed E-state index contributed by atoms with van der Waals surface area (Å²) in [6.45, 7) is 14.5. The number of H-pyrrole nitrogens is 1. The molecule has 0 radical (unpaired) electrons. The van der Waals surface area contributed by atoms with Crippen LogP contribution >= 0.6 is 0 Å². The van der Waals surface area contributed by atoms with Gasteiger partial charge in [0.2, 0.25) is 70.9 Å². The Morgan fingerprint density at radius 2 is 0.883 bits per heavy atom. The van der Waals surface area contributed by atoms with Gasteiger partial charge in [0.25, 0.3) is 0 Å². The van der Waals surface area contributed by atoms with Gasteiger partial charge in [-0.2, -0.15) is 0 Å². The van der Waals surface area contributed by atoms with Gasteiger partial charge in [-0.3, -0.25) is 62.5 Å². The number of aromatic amines is 1. The zero-order chi connectivity index (χ0) is 76.6. The number of fused-ring (bicyclic) bond motifs is 1. The first-order chi connectivity index (χ1) is 48.6. The van der Waals surface area contributed by atoms with Crippen molar-refractivity contribution in [1.29, 1.82) is 0 Å². The fourth-order valence-corrected chi connectivity index (χ4v) is 11.0. The molecule has 0 aliphatic carbocycles. The zero-order valence-electron chi connectivity index (χ0n) is 60.3. The van der Waals surface area contributed by atoms with Crippen molar-refractivity contribution < 1.29 is 67.7 Å². The standard InChI is InChI=1S/C71H108N18O14/c1-38(2)30-53(65(98)80-41(7)61(94)79-37-58(92)82-50(23-17-29-77-71(75)76)63(96)84-52(60(74)93)35-46-36-78-49-21-14-13-20-48(46)49)86-64(97)51(22-15-16-28-72)83-66(99)54(31-39(3)4)87-67(100)55(32-40(5)6)88-69(102)57(33-44-18-11-10-12-19-44)89-68(101)56(34-45-24-26-47(91)27-25-45)85-62(95)42(8)81-70(103)59(73)43(9)90/h10-14,18-21,24-27,36,38-43,50-57,59,78,90-91H,15-17,22-23,28-35,37,72-73H2,1-9H3,(H2,74,93)(H,79,94)(H,80,98)(H,81,103)(H,82,92)(H,83,99)(H,84,96)(H,85,95)(H,86,97)(H,87,100)(H,88,102)(H,89,101)(H4,75,76,77)/t41-,42-,43-,50-,51-,52-,53-,54-,55-,56-,57-,59-/m1/s1. The van der Waals surface area contributed by atoms with Gasteiger partial charge >= 0.3 is 0 Å². The number of primary amides is 1. The number of hydrogen-bond donors (Lipinski definition) is 19. The quantitative estimate of drug-likeness (QED) is 0.0135. The van der Waals surface area contributed by atoms with Crippen LogP contribution in [0.2, 0.25) is 0 Å². The SMILES string of the molecule is CC(C)C[C@@H](NC(=O)[C@@H](CCCCN)NC(=O)[C@@H](CC(C)C)NC(=O)[C@@H](CC(C)C)NC(=O)[C@@H](Cc1ccccc1)NC(=O)[C@@H](Cc1ccc(O)cc1)NC(=O)[C@@H](C)NC(=O)[C@H](N)[C@@H](C)O)C(=O)N[C@H](C)C(=O)NCC(=O)N[C@H](CCCN=C(N)N)C(=O)N[C@H](Cc1c[nH]c2ccccc12)C(N)=O. The van der Waals surface area contributed by atoms with Crippen molar-refractivity contribution in [2.75, 3.05) is 19.6 Å². The smallest absolute Gasteiger partial charge is 0.243 e. The van der Waals surface area contributed by atoms with E-state index < -0.39 is 150 Å². The van der Waals surface area contributed by atoms with Gasteiger partial charge in [0, 0.05) is 42.9 Å². The summed E-state index contributed by atoms with van der Waals surface area (Å²) in [5, 5.41) is 49.8. The van der Waals surface area contributed by atoms with E-state index >= 15 is 0 Å². The van der Waals surface area contributed by atoms with Crippen LogP contribution in [-0.2, 0) is 76.8 Å². The van der Waals surface area contributed by atoms with Crippen molar-refractivity contribution in [1.82, 2.24) is 63.5 Å². The van der Waals surface area contributed by atoms with E-state index in [4.69, 9.17) is 28.7 Å². The molecule has 1 aromatic heterocycles. The third-order valence-corrected chi connectivity index (χ3v) is 16.6. The molecule has 4 rings (SSSR count). The molecule has 0 fully saturated rings. The molecule has 1 heterocycles. The minimum absolute atomic E-state index is 0.00247. The third-order valence-electron chi connectivity index (χ3n) is 16.6. The summed E-state index contributed by atoms with van der Waals surface area (Å²) in [6.07, 6.45) is 1.42. The molecule has 32 heteroatoms. The van der Waals surface area contributed by atoms with Gasteiger partial charge in [0.15, 0.2) is 5.96 Å². The number of amides is 12. The summed E-state index contributed by atoms with van der Waals surface area (Å²) in [4.78, 5) is 174. The first-order valence-corrected chi connectivity index (χ1v) is 34.8. The first-order valence-electron chi connectivity index (χ1n) is 34.8.